The second kappa shape index (κ2) is 5.95. The molecule has 2 aromatic rings. The van der Waals surface area contributed by atoms with E-state index in [9.17, 15) is 4.79 Å². The Morgan fingerprint density at radius 3 is 2.50 bits per heavy atom. The molecule has 2 rings (SSSR count). The monoisotopic (exact) mass is 271 g/mol. The van der Waals surface area contributed by atoms with Crippen LogP contribution in [0.1, 0.15) is 33.1 Å². The molecule has 2 N–H and O–H groups in total. The van der Waals surface area contributed by atoms with Crippen LogP contribution in [0.3, 0.4) is 0 Å². The first-order valence-electron chi connectivity index (χ1n) is 7.09. The van der Waals surface area contributed by atoms with Crippen molar-refractivity contribution in [1.29, 1.82) is 0 Å². The molecule has 0 saturated carbocycles. The molecule has 0 radical (unpaired) electrons. The van der Waals surface area contributed by atoms with Crippen molar-refractivity contribution in [2.24, 2.45) is 5.73 Å². The summed E-state index contributed by atoms with van der Waals surface area (Å²) in [7, 11) is 0. The van der Waals surface area contributed by atoms with Gasteiger partial charge in [0.2, 0.25) is 0 Å². The quantitative estimate of drug-likeness (QED) is 0.871. The summed E-state index contributed by atoms with van der Waals surface area (Å²) in [5, 5.41) is 2.10. The van der Waals surface area contributed by atoms with Crippen LogP contribution in [0, 0.1) is 0 Å². The van der Waals surface area contributed by atoms with E-state index < -0.39 is 11.5 Å². The number of carbonyl (C=O) groups is 1. The number of hydrogen-bond donors (Lipinski definition) is 1. The molecule has 0 aliphatic rings. The molecule has 0 spiro atoms. The fourth-order valence-electron chi connectivity index (χ4n) is 2.55. The summed E-state index contributed by atoms with van der Waals surface area (Å²) in [6.07, 6.45) is 2.04. The lowest BCUT2D eigenvalue weighted by molar-refractivity contribution is -0.134. The molecular weight excluding hydrogens is 250 g/mol. The molecule has 0 bridgehead atoms. The van der Waals surface area contributed by atoms with Crippen molar-refractivity contribution < 1.29 is 9.53 Å². The van der Waals surface area contributed by atoms with Crippen LogP contribution in [-0.4, -0.2) is 11.5 Å². The van der Waals surface area contributed by atoms with Crippen molar-refractivity contribution in [1.82, 2.24) is 0 Å². The number of carbonyl (C=O) groups excluding carboxylic acids is 1. The van der Waals surface area contributed by atoms with Gasteiger partial charge in [0, 0.05) is 5.39 Å². The minimum absolute atomic E-state index is 0.394. The normalized spacial score (nSPS) is 13.9. The molecule has 1 atom stereocenters. The molecular formula is C17H21NO2. The lowest BCUT2D eigenvalue weighted by atomic mass is 9.93. The molecule has 106 valence electrons. The van der Waals surface area contributed by atoms with Crippen LogP contribution >= 0.6 is 0 Å². The van der Waals surface area contributed by atoms with Gasteiger partial charge in [0.25, 0.3) is 5.91 Å². The number of hydrogen-bond acceptors (Lipinski definition) is 2. The number of rotatable bonds is 6. The Hall–Kier alpha value is -2.03. The summed E-state index contributed by atoms with van der Waals surface area (Å²) in [6.45, 7) is 3.96. The molecule has 0 fully saturated rings. The van der Waals surface area contributed by atoms with Gasteiger partial charge >= 0.3 is 0 Å². The second-order valence-electron chi connectivity index (χ2n) is 5.04. The summed E-state index contributed by atoms with van der Waals surface area (Å²) in [6, 6.07) is 13.8. The molecule has 0 aliphatic carbocycles. The maximum Gasteiger partial charge on any atom is 0.261 e. The molecule has 1 amide bonds. The Balaban J connectivity index is 2.45. The number of benzene rings is 2. The van der Waals surface area contributed by atoms with Crippen LogP contribution in [0.2, 0.25) is 0 Å². The Morgan fingerprint density at radius 2 is 1.85 bits per heavy atom. The topological polar surface area (TPSA) is 52.3 Å². The highest BCUT2D eigenvalue weighted by Crippen LogP contribution is 2.31. The van der Waals surface area contributed by atoms with E-state index in [4.69, 9.17) is 10.5 Å². The lowest BCUT2D eigenvalue weighted by Gasteiger charge is -2.30. The van der Waals surface area contributed by atoms with Gasteiger partial charge in [-0.2, -0.15) is 0 Å². The Kier molecular flexibility index (Phi) is 4.28. The SMILES string of the molecule is CCCC(CC)(Oc1cccc2ccccc12)C(N)=O. The van der Waals surface area contributed by atoms with E-state index in [0.717, 1.165) is 22.9 Å². The zero-order valence-corrected chi connectivity index (χ0v) is 12.1. The number of amides is 1. The van der Waals surface area contributed by atoms with Gasteiger partial charge in [-0.15, -0.1) is 0 Å². The standard InChI is InChI=1S/C17H21NO2/c1-3-12-17(4-2,16(18)19)20-15-11-7-9-13-8-5-6-10-14(13)15/h5-11H,3-4,12H2,1-2H3,(H2,18,19). The Labute approximate surface area is 119 Å². The van der Waals surface area contributed by atoms with Crippen molar-refractivity contribution >= 4 is 16.7 Å². The number of primary amides is 1. The number of fused-ring (bicyclic) bond motifs is 1. The van der Waals surface area contributed by atoms with Gasteiger partial charge in [-0.05, 0) is 24.3 Å². The summed E-state index contributed by atoms with van der Waals surface area (Å²) < 4.78 is 6.09. The zero-order chi connectivity index (χ0) is 14.6. The molecule has 0 aromatic heterocycles. The molecule has 0 heterocycles. The summed E-state index contributed by atoms with van der Waals surface area (Å²) in [5.41, 5.74) is 4.68. The van der Waals surface area contributed by atoms with E-state index in [-0.39, 0.29) is 0 Å². The van der Waals surface area contributed by atoms with Crippen molar-refractivity contribution in [3.63, 3.8) is 0 Å². The highest BCUT2D eigenvalue weighted by atomic mass is 16.5. The van der Waals surface area contributed by atoms with Gasteiger partial charge in [-0.3, -0.25) is 4.79 Å². The van der Waals surface area contributed by atoms with Crippen molar-refractivity contribution in [2.45, 2.75) is 38.7 Å². The third-order valence-corrected chi connectivity index (χ3v) is 3.73. The molecule has 2 aromatic carbocycles. The maximum atomic E-state index is 11.9. The van der Waals surface area contributed by atoms with Crippen molar-refractivity contribution in [3.8, 4) is 5.75 Å². The van der Waals surface area contributed by atoms with E-state index in [1.165, 1.54) is 0 Å². The lowest BCUT2D eigenvalue weighted by Crippen LogP contribution is -2.48. The third-order valence-electron chi connectivity index (χ3n) is 3.73. The van der Waals surface area contributed by atoms with E-state index in [1.807, 2.05) is 56.3 Å². The van der Waals surface area contributed by atoms with E-state index in [0.29, 0.717) is 12.8 Å². The summed E-state index contributed by atoms with van der Waals surface area (Å²) in [5.74, 6) is 0.326. The number of ether oxygens (including phenoxy) is 1. The van der Waals surface area contributed by atoms with Crippen LogP contribution in [0.4, 0.5) is 0 Å². The zero-order valence-electron chi connectivity index (χ0n) is 12.1. The minimum atomic E-state index is -0.918. The van der Waals surface area contributed by atoms with Crippen LogP contribution in [0.25, 0.3) is 10.8 Å². The van der Waals surface area contributed by atoms with Crippen molar-refractivity contribution in [2.75, 3.05) is 0 Å². The van der Waals surface area contributed by atoms with Crippen LogP contribution in [0.5, 0.6) is 5.75 Å². The highest BCUT2D eigenvalue weighted by molar-refractivity contribution is 5.89. The predicted octanol–water partition coefficient (Wildman–Crippen LogP) is 3.65. The molecule has 3 nitrogen and oxygen atoms in total. The minimum Gasteiger partial charge on any atom is -0.477 e. The summed E-state index contributed by atoms with van der Waals surface area (Å²) in [4.78, 5) is 11.9. The van der Waals surface area contributed by atoms with Gasteiger partial charge in [-0.25, -0.2) is 0 Å². The molecule has 3 heteroatoms. The largest absolute Gasteiger partial charge is 0.477 e. The van der Waals surface area contributed by atoms with Gasteiger partial charge in [0.05, 0.1) is 0 Å². The smallest absolute Gasteiger partial charge is 0.261 e. The van der Waals surface area contributed by atoms with E-state index >= 15 is 0 Å². The van der Waals surface area contributed by atoms with Gasteiger partial charge < -0.3 is 10.5 Å². The Morgan fingerprint density at radius 1 is 1.15 bits per heavy atom. The first-order chi connectivity index (χ1) is 9.63. The van der Waals surface area contributed by atoms with Crippen LogP contribution < -0.4 is 10.5 Å². The average molecular weight is 271 g/mol. The first kappa shape index (κ1) is 14.4. The maximum absolute atomic E-state index is 11.9. The second-order valence-corrected chi connectivity index (χ2v) is 5.04. The average Bonchev–Trinajstić information content (AvgIpc) is 2.46. The van der Waals surface area contributed by atoms with Crippen molar-refractivity contribution in [3.05, 3.63) is 42.5 Å². The van der Waals surface area contributed by atoms with E-state index in [2.05, 4.69) is 0 Å². The van der Waals surface area contributed by atoms with Crippen LogP contribution in [-0.2, 0) is 4.79 Å². The molecule has 0 aliphatic heterocycles. The third kappa shape index (κ3) is 2.62. The first-order valence-corrected chi connectivity index (χ1v) is 7.09. The predicted molar refractivity (Wildman–Crippen MR) is 81.7 cm³/mol. The van der Waals surface area contributed by atoms with Crippen LogP contribution in [0.15, 0.2) is 42.5 Å². The fraction of sp³-hybridized carbons (Fsp3) is 0.353. The molecule has 20 heavy (non-hydrogen) atoms. The summed E-state index contributed by atoms with van der Waals surface area (Å²) >= 11 is 0. The Bertz CT molecular complexity index is 603. The number of nitrogens with two attached hydrogens (primary N) is 1. The molecule has 0 saturated heterocycles. The van der Waals surface area contributed by atoms with Gasteiger partial charge in [0.15, 0.2) is 5.60 Å². The van der Waals surface area contributed by atoms with Gasteiger partial charge in [-0.1, -0.05) is 56.7 Å². The fourth-order valence-corrected chi connectivity index (χ4v) is 2.55. The highest BCUT2D eigenvalue weighted by Gasteiger charge is 2.36. The van der Waals surface area contributed by atoms with Gasteiger partial charge in [0.1, 0.15) is 5.75 Å². The molecule has 1 unspecified atom stereocenters. The van der Waals surface area contributed by atoms with E-state index in [1.54, 1.807) is 0 Å².